The second-order valence-corrected chi connectivity index (χ2v) is 5.89. The van der Waals surface area contributed by atoms with Crippen molar-refractivity contribution in [2.24, 2.45) is 17.3 Å². The second-order valence-electron chi connectivity index (χ2n) is 5.89. The van der Waals surface area contributed by atoms with Gasteiger partial charge in [0.05, 0.1) is 0 Å². The number of ether oxygens (including phenoxy) is 1. The topological polar surface area (TPSA) is 71.1 Å². The first-order chi connectivity index (χ1) is 11.0. The highest BCUT2D eigenvalue weighted by Gasteiger charge is 2.84. The van der Waals surface area contributed by atoms with Crippen LogP contribution >= 0.6 is 0 Å². The summed E-state index contributed by atoms with van der Waals surface area (Å²) < 4.78 is 83.8. The molecule has 2 saturated carbocycles. The van der Waals surface area contributed by atoms with E-state index < -0.39 is 53.7 Å². The Kier molecular flexibility index (Phi) is 3.85. The molecule has 0 aromatic carbocycles. The summed E-state index contributed by atoms with van der Waals surface area (Å²) in [5.41, 5.74) is -5.11. The zero-order chi connectivity index (χ0) is 17.9. The molecule has 3 aliphatic rings. The van der Waals surface area contributed by atoms with E-state index in [-0.39, 0.29) is 6.42 Å². The number of ketones is 1. The number of fused-ring (bicyclic) bond motifs is 2. The molecule has 0 spiro atoms. The zero-order valence-corrected chi connectivity index (χ0v) is 11.6. The molecule has 0 N–H and O–H groups in total. The minimum Gasteiger partial charge on any atom is -0.453 e. The van der Waals surface area contributed by atoms with E-state index >= 15 is 0 Å². The number of hydrogen-bond donors (Lipinski definition) is 0. The molecule has 3 unspecified atom stereocenters. The van der Waals surface area contributed by atoms with Crippen LogP contribution in [0.25, 0.3) is 0 Å². The predicted octanol–water partition coefficient (Wildman–Crippen LogP) is 2.23. The fourth-order valence-electron chi connectivity index (χ4n) is 3.36. The number of carbonyl (C=O) groups excluding carboxylic acids is 2. The van der Waals surface area contributed by atoms with Crippen molar-refractivity contribution in [3.8, 4) is 0 Å². The molecule has 12 heteroatoms. The fraction of sp³-hybridized carbons (Fsp3) is 0.833. The van der Waals surface area contributed by atoms with Gasteiger partial charge in [-0.15, -0.1) is 0 Å². The molecule has 3 rings (SSSR count). The molecule has 2 aliphatic carbocycles. The van der Waals surface area contributed by atoms with Crippen LogP contribution in [0.1, 0.15) is 19.3 Å². The maximum absolute atomic E-state index is 13.2. The number of alkyl halides is 6. The Morgan fingerprint density at radius 2 is 1.62 bits per heavy atom. The molecule has 2 bridgehead atoms. The van der Waals surface area contributed by atoms with Crippen molar-refractivity contribution in [1.82, 2.24) is 0 Å². The van der Waals surface area contributed by atoms with Crippen LogP contribution in [0.5, 0.6) is 0 Å². The fourth-order valence-corrected chi connectivity index (χ4v) is 3.36. The Hall–Kier alpha value is -1.40. The molecule has 1 heterocycles. The van der Waals surface area contributed by atoms with Crippen LogP contribution in [0, 0.1) is 17.3 Å². The average Bonchev–Trinajstić information content (AvgIpc) is 2.93. The lowest BCUT2D eigenvalue weighted by Crippen LogP contribution is -2.67. The maximum Gasteiger partial charge on any atom is 0.419 e. The van der Waals surface area contributed by atoms with E-state index in [1.807, 2.05) is 0 Å². The van der Waals surface area contributed by atoms with Gasteiger partial charge in [-0.3, -0.25) is 9.59 Å². The van der Waals surface area contributed by atoms with Gasteiger partial charge < -0.3 is 4.74 Å². The second kappa shape index (κ2) is 5.30. The smallest absolute Gasteiger partial charge is 0.419 e. The summed E-state index contributed by atoms with van der Waals surface area (Å²) in [5.74, 6) is -4.44. The van der Waals surface area contributed by atoms with Gasteiger partial charge in [0.2, 0.25) is 0 Å². The lowest BCUT2D eigenvalue weighted by molar-refractivity contribution is -0.715. The molecule has 0 aromatic rings. The van der Waals surface area contributed by atoms with Gasteiger partial charge in [-0.1, -0.05) is 5.04 Å². The molecular formula is C12H10F6O6. The predicted molar refractivity (Wildman–Crippen MR) is 57.3 cm³/mol. The molecule has 0 aromatic heterocycles. The largest absolute Gasteiger partial charge is 0.453 e. The third-order valence-corrected chi connectivity index (χ3v) is 4.64. The minimum atomic E-state index is -6.16. The van der Waals surface area contributed by atoms with Crippen molar-refractivity contribution in [2.75, 3.05) is 0 Å². The van der Waals surface area contributed by atoms with Gasteiger partial charge in [-0.05, 0) is 19.3 Å². The first kappa shape index (κ1) is 17.4. The van der Waals surface area contributed by atoms with Crippen LogP contribution in [-0.4, -0.2) is 36.5 Å². The Morgan fingerprint density at radius 1 is 1.04 bits per heavy atom. The summed E-state index contributed by atoms with van der Waals surface area (Å²) in [7, 11) is 0. The summed E-state index contributed by atoms with van der Waals surface area (Å²) in [4.78, 5) is 31.1. The van der Waals surface area contributed by atoms with Crippen LogP contribution in [0.4, 0.5) is 26.3 Å². The van der Waals surface area contributed by atoms with Crippen molar-refractivity contribution < 1.29 is 55.5 Å². The van der Waals surface area contributed by atoms with Crippen LogP contribution < -0.4 is 0 Å². The van der Waals surface area contributed by atoms with Crippen molar-refractivity contribution in [1.29, 1.82) is 0 Å². The normalized spacial score (nSPS) is 31.2. The van der Waals surface area contributed by atoms with Crippen LogP contribution in [0.2, 0.25) is 0 Å². The number of Topliss-reactive ketones (excluding diaryl/α,β-unsaturated/α-hetero) is 1. The lowest BCUT2D eigenvalue weighted by Gasteiger charge is -2.41. The van der Waals surface area contributed by atoms with Crippen molar-refractivity contribution in [3.05, 3.63) is 0 Å². The number of rotatable bonds is 3. The van der Waals surface area contributed by atoms with Crippen molar-refractivity contribution in [2.45, 2.75) is 44.0 Å². The van der Waals surface area contributed by atoms with E-state index in [4.69, 9.17) is 0 Å². The molecule has 3 atom stereocenters. The Labute approximate surface area is 129 Å². The summed E-state index contributed by atoms with van der Waals surface area (Å²) in [5, 5.41) is 3.45. The summed E-state index contributed by atoms with van der Waals surface area (Å²) in [6.45, 7) is 0. The molecule has 24 heavy (non-hydrogen) atoms. The van der Waals surface area contributed by atoms with E-state index in [2.05, 4.69) is 19.6 Å². The first-order valence-electron chi connectivity index (χ1n) is 6.87. The Balaban J connectivity index is 1.93. The van der Waals surface area contributed by atoms with E-state index in [9.17, 15) is 35.9 Å². The average molecular weight is 364 g/mol. The van der Waals surface area contributed by atoms with Gasteiger partial charge in [0.1, 0.15) is 0 Å². The van der Waals surface area contributed by atoms with Gasteiger partial charge in [0.15, 0.2) is 11.9 Å². The van der Waals surface area contributed by atoms with Gasteiger partial charge in [0, 0.05) is 11.8 Å². The third kappa shape index (κ3) is 2.23. The molecular weight excluding hydrogens is 354 g/mol. The quantitative estimate of drug-likeness (QED) is 0.435. The summed E-state index contributed by atoms with van der Waals surface area (Å²) in [6.07, 6.45) is -15.9. The van der Waals surface area contributed by atoms with Gasteiger partial charge in [-0.25, -0.2) is 0 Å². The molecule has 1 aliphatic heterocycles. The van der Waals surface area contributed by atoms with Crippen LogP contribution in [0.15, 0.2) is 0 Å². The highest BCUT2D eigenvalue weighted by atomic mass is 19.4. The number of esters is 1. The Morgan fingerprint density at radius 3 is 2.00 bits per heavy atom. The maximum atomic E-state index is 13.2. The van der Waals surface area contributed by atoms with Gasteiger partial charge >= 0.3 is 23.7 Å². The van der Waals surface area contributed by atoms with E-state index in [0.717, 1.165) is 0 Å². The number of hydrogen-bond acceptors (Lipinski definition) is 6. The molecule has 3 fully saturated rings. The minimum absolute atomic E-state index is 0.279. The van der Waals surface area contributed by atoms with E-state index in [1.54, 1.807) is 0 Å². The van der Waals surface area contributed by atoms with Crippen LogP contribution in [-0.2, 0) is 29.1 Å². The highest BCUT2D eigenvalue weighted by Crippen LogP contribution is 2.57. The van der Waals surface area contributed by atoms with Crippen LogP contribution in [0.3, 0.4) is 0 Å². The number of carbonyl (C=O) groups is 2. The lowest BCUT2D eigenvalue weighted by atomic mass is 9.84. The van der Waals surface area contributed by atoms with Crippen molar-refractivity contribution >= 4 is 11.8 Å². The van der Waals surface area contributed by atoms with Gasteiger partial charge in [-0.2, -0.15) is 36.1 Å². The standard InChI is InChI=1S/C12H10F6O6/c13-11(14,15)10(12(16,17)18,9-22-24-23-9)8(20)21-7-5-2-1-4(3-5)6(7)19/h4-5,7,9H,1-3H2. The first-order valence-corrected chi connectivity index (χ1v) is 6.87. The van der Waals surface area contributed by atoms with Crippen molar-refractivity contribution in [3.63, 3.8) is 0 Å². The highest BCUT2D eigenvalue weighted by molar-refractivity contribution is 5.92. The molecule has 1 saturated heterocycles. The monoisotopic (exact) mass is 364 g/mol. The van der Waals surface area contributed by atoms with E-state index in [1.165, 1.54) is 0 Å². The van der Waals surface area contributed by atoms with Gasteiger partial charge in [0.25, 0.3) is 6.29 Å². The number of halogens is 6. The molecule has 0 amide bonds. The molecule has 6 nitrogen and oxygen atoms in total. The molecule has 136 valence electrons. The third-order valence-electron chi connectivity index (χ3n) is 4.64. The Bertz CT molecular complexity index is 539. The summed E-state index contributed by atoms with van der Waals surface area (Å²) in [6, 6.07) is 0. The molecule has 0 radical (unpaired) electrons. The summed E-state index contributed by atoms with van der Waals surface area (Å²) >= 11 is 0. The van der Waals surface area contributed by atoms with E-state index in [0.29, 0.717) is 12.8 Å². The zero-order valence-electron chi connectivity index (χ0n) is 11.6. The SMILES string of the molecule is O=C1C2CCC(C2)C1OC(=O)C(C1OOO1)(C(F)(F)F)C(F)(F)F.